The lowest BCUT2D eigenvalue weighted by molar-refractivity contribution is 0.102. The second-order valence-corrected chi connectivity index (χ2v) is 6.66. The maximum atomic E-state index is 13.5. The van der Waals surface area contributed by atoms with Crippen LogP contribution in [0, 0.1) is 5.82 Å². The number of fused-ring (bicyclic) bond motifs is 2. The summed E-state index contributed by atoms with van der Waals surface area (Å²) in [5.74, 6) is -0.500. The quantitative estimate of drug-likeness (QED) is 0.624. The lowest BCUT2D eigenvalue weighted by Crippen LogP contribution is -2.36. The third-order valence-corrected chi connectivity index (χ3v) is 4.54. The number of halogens is 2. The Balaban J connectivity index is 1.58. The van der Waals surface area contributed by atoms with Crippen molar-refractivity contribution in [3.63, 3.8) is 0 Å². The largest absolute Gasteiger partial charge is 0.324 e. The fourth-order valence-electron chi connectivity index (χ4n) is 2.71. The highest BCUT2D eigenvalue weighted by Gasteiger charge is 2.20. The molecule has 3 aromatic rings. The molecule has 7 nitrogen and oxygen atoms in total. The van der Waals surface area contributed by atoms with E-state index in [-0.39, 0.29) is 11.9 Å². The van der Waals surface area contributed by atoms with Gasteiger partial charge in [-0.1, -0.05) is 0 Å². The highest BCUT2D eigenvalue weighted by atomic mass is 79.9. The second-order valence-electron chi connectivity index (χ2n) is 5.81. The minimum Gasteiger partial charge on any atom is -0.324 e. The van der Waals surface area contributed by atoms with Crippen molar-refractivity contribution >= 4 is 38.8 Å². The van der Waals surface area contributed by atoms with Crippen LogP contribution in [0.1, 0.15) is 23.1 Å². The molecule has 4 rings (SSSR count). The molecular weight excluding hydrogens is 379 g/mol. The first-order valence-electron chi connectivity index (χ1n) is 7.46. The van der Waals surface area contributed by atoms with Crippen molar-refractivity contribution in [2.75, 3.05) is 5.32 Å². The summed E-state index contributed by atoms with van der Waals surface area (Å²) in [6, 6.07) is 4.95. The van der Waals surface area contributed by atoms with Crippen LogP contribution >= 0.6 is 15.9 Å². The Morgan fingerprint density at radius 1 is 1.46 bits per heavy atom. The first kappa shape index (κ1) is 15.3. The summed E-state index contributed by atoms with van der Waals surface area (Å²) in [5, 5.41) is 10.3. The minimum absolute atomic E-state index is 0.255. The number of H-pyrrole nitrogens is 1. The summed E-state index contributed by atoms with van der Waals surface area (Å²) in [6.07, 6.45) is 0. The fraction of sp³-hybridized carbons (Fsp3) is 0.267. The molecule has 1 aliphatic heterocycles. The summed E-state index contributed by atoms with van der Waals surface area (Å²) in [6.45, 7) is 3.47. The highest BCUT2D eigenvalue weighted by molar-refractivity contribution is 9.10. The van der Waals surface area contributed by atoms with E-state index in [2.05, 4.69) is 48.6 Å². The Morgan fingerprint density at radius 3 is 3.12 bits per heavy atom. The molecule has 24 heavy (non-hydrogen) atoms. The van der Waals surface area contributed by atoms with Crippen LogP contribution in [0.4, 0.5) is 10.3 Å². The van der Waals surface area contributed by atoms with Crippen molar-refractivity contribution in [2.24, 2.45) is 0 Å². The number of hydrogen-bond acceptors (Lipinski definition) is 4. The van der Waals surface area contributed by atoms with Crippen molar-refractivity contribution in [1.82, 2.24) is 25.1 Å². The first-order valence-corrected chi connectivity index (χ1v) is 8.25. The Labute approximate surface area is 144 Å². The number of anilines is 1. The minimum atomic E-state index is -0.396. The van der Waals surface area contributed by atoms with Crippen molar-refractivity contribution < 1.29 is 9.18 Å². The van der Waals surface area contributed by atoms with Gasteiger partial charge in [-0.3, -0.25) is 14.8 Å². The van der Waals surface area contributed by atoms with E-state index in [0.29, 0.717) is 33.8 Å². The smallest absolute Gasteiger partial charge is 0.278 e. The molecule has 1 unspecified atom stereocenters. The average Bonchev–Trinajstić information content (AvgIpc) is 3.10. The molecule has 2 aromatic heterocycles. The van der Waals surface area contributed by atoms with Gasteiger partial charge >= 0.3 is 0 Å². The molecule has 0 bridgehead atoms. The van der Waals surface area contributed by atoms with Crippen LogP contribution in [0.5, 0.6) is 0 Å². The third-order valence-electron chi connectivity index (χ3n) is 3.93. The number of benzene rings is 1. The molecule has 3 N–H and O–H groups in total. The van der Waals surface area contributed by atoms with Crippen LogP contribution in [-0.2, 0) is 13.1 Å². The number of hydrogen-bond donors (Lipinski definition) is 3. The molecule has 9 heteroatoms. The summed E-state index contributed by atoms with van der Waals surface area (Å²) < 4.78 is 15.7. The Kier molecular flexibility index (Phi) is 3.61. The van der Waals surface area contributed by atoms with Gasteiger partial charge < -0.3 is 10.3 Å². The molecule has 0 radical (unpaired) electrons. The number of imidazole rings is 1. The molecule has 1 amide bonds. The number of carbonyl (C=O) groups is 1. The first-order chi connectivity index (χ1) is 11.5. The van der Waals surface area contributed by atoms with Gasteiger partial charge in [-0.25, -0.2) is 9.37 Å². The molecule has 1 aromatic carbocycles. The topological polar surface area (TPSA) is 87.6 Å². The van der Waals surface area contributed by atoms with E-state index < -0.39 is 5.82 Å². The lowest BCUT2D eigenvalue weighted by Gasteiger charge is -2.21. The van der Waals surface area contributed by atoms with Gasteiger partial charge in [0.25, 0.3) is 5.91 Å². The molecule has 0 saturated carbocycles. The van der Waals surface area contributed by atoms with Gasteiger partial charge in [-0.15, -0.1) is 0 Å². The van der Waals surface area contributed by atoms with E-state index in [0.717, 1.165) is 12.2 Å². The lowest BCUT2D eigenvalue weighted by atomic mass is 10.2. The van der Waals surface area contributed by atoms with Crippen molar-refractivity contribution in [1.29, 1.82) is 0 Å². The van der Waals surface area contributed by atoms with Gasteiger partial charge in [0.15, 0.2) is 5.69 Å². The summed E-state index contributed by atoms with van der Waals surface area (Å²) in [4.78, 5) is 19.5. The normalized spacial score (nSPS) is 17.0. The van der Waals surface area contributed by atoms with Gasteiger partial charge in [-0.2, -0.15) is 5.10 Å². The molecule has 0 fully saturated rings. The predicted octanol–water partition coefficient (Wildman–Crippen LogP) is 2.40. The number of nitrogens with zero attached hydrogens (tertiary/aromatic N) is 3. The van der Waals surface area contributed by atoms with E-state index in [1.807, 2.05) is 4.68 Å². The standard InChI is InChI=1S/C15H14BrFN6O/c1-7-6-23-8(5-18-7)2-13(22-23)14(24)21-15-19-11-3-9(16)10(17)4-12(11)20-15/h2-4,7,18H,5-6H2,1H3,(H2,19,20,21,24). The van der Waals surface area contributed by atoms with Crippen LogP contribution < -0.4 is 10.6 Å². The van der Waals surface area contributed by atoms with E-state index in [1.165, 1.54) is 6.07 Å². The van der Waals surface area contributed by atoms with E-state index in [9.17, 15) is 9.18 Å². The molecular formula is C15H14BrFN6O. The zero-order chi connectivity index (χ0) is 16.8. The van der Waals surface area contributed by atoms with Crippen LogP contribution in [0.25, 0.3) is 11.0 Å². The number of rotatable bonds is 2. The Hall–Kier alpha value is -2.26. The van der Waals surface area contributed by atoms with Gasteiger partial charge in [0, 0.05) is 18.7 Å². The van der Waals surface area contributed by atoms with E-state index in [1.54, 1.807) is 12.1 Å². The number of nitrogens with one attached hydrogen (secondary N) is 3. The zero-order valence-corrected chi connectivity index (χ0v) is 14.3. The Bertz CT molecular complexity index is 910. The van der Waals surface area contributed by atoms with Gasteiger partial charge in [-0.05, 0) is 35.0 Å². The number of aromatic nitrogens is 4. The monoisotopic (exact) mass is 392 g/mol. The molecule has 0 saturated heterocycles. The summed E-state index contributed by atoms with van der Waals surface area (Å²) >= 11 is 3.12. The van der Waals surface area contributed by atoms with Crippen LogP contribution in [0.2, 0.25) is 0 Å². The summed E-state index contributed by atoms with van der Waals surface area (Å²) in [5.41, 5.74) is 2.36. The van der Waals surface area contributed by atoms with Crippen molar-refractivity contribution in [3.05, 3.63) is 39.9 Å². The maximum Gasteiger partial charge on any atom is 0.278 e. The molecule has 1 atom stereocenters. The molecule has 3 heterocycles. The number of carbonyl (C=O) groups excluding carboxylic acids is 1. The van der Waals surface area contributed by atoms with Crippen molar-refractivity contribution in [3.8, 4) is 0 Å². The highest BCUT2D eigenvalue weighted by Crippen LogP contribution is 2.23. The molecule has 0 spiro atoms. The fourth-order valence-corrected chi connectivity index (χ4v) is 3.04. The van der Waals surface area contributed by atoms with Crippen LogP contribution in [-0.4, -0.2) is 31.7 Å². The maximum absolute atomic E-state index is 13.5. The van der Waals surface area contributed by atoms with Crippen LogP contribution in [0.15, 0.2) is 22.7 Å². The third kappa shape index (κ3) is 2.69. The summed E-state index contributed by atoms with van der Waals surface area (Å²) in [7, 11) is 0. The molecule has 1 aliphatic rings. The van der Waals surface area contributed by atoms with Gasteiger partial charge in [0.05, 0.1) is 27.7 Å². The molecule has 124 valence electrons. The van der Waals surface area contributed by atoms with E-state index >= 15 is 0 Å². The van der Waals surface area contributed by atoms with E-state index in [4.69, 9.17) is 0 Å². The number of aromatic amines is 1. The average molecular weight is 393 g/mol. The molecule has 0 aliphatic carbocycles. The second kappa shape index (κ2) is 5.67. The van der Waals surface area contributed by atoms with Crippen LogP contribution in [0.3, 0.4) is 0 Å². The SMILES string of the molecule is CC1Cn2nc(C(=O)Nc3nc4cc(Br)c(F)cc4[nH]3)cc2CN1. The van der Waals surface area contributed by atoms with Crippen molar-refractivity contribution in [2.45, 2.75) is 26.1 Å². The predicted molar refractivity (Wildman–Crippen MR) is 90.2 cm³/mol. The number of amides is 1. The van der Waals surface area contributed by atoms with Gasteiger partial charge in [0.1, 0.15) is 5.82 Å². The Morgan fingerprint density at radius 2 is 2.29 bits per heavy atom. The zero-order valence-electron chi connectivity index (χ0n) is 12.7. The van der Waals surface area contributed by atoms with Gasteiger partial charge in [0.2, 0.25) is 5.95 Å².